The highest BCUT2D eigenvalue weighted by atomic mass is 28.4. The van der Waals surface area contributed by atoms with Crippen molar-refractivity contribution >= 4 is 14.5 Å². The molecule has 0 radical (unpaired) electrons. The summed E-state index contributed by atoms with van der Waals surface area (Å²) in [6.07, 6.45) is 5.61. The van der Waals surface area contributed by atoms with Crippen LogP contribution in [0.3, 0.4) is 0 Å². The molecule has 0 bridgehead atoms. The molecule has 18 heavy (non-hydrogen) atoms. The van der Waals surface area contributed by atoms with Gasteiger partial charge in [-0.05, 0) is 25.7 Å². The molecule has 0 aliphatic heterocycles. The summed E-state index contributed by atoms with van der Waals surface area (Å²) in [7, 11) is 2.57. The number of unbranched alkanes of at least 4 members (excludes halogenated alkanes) is 1. The number of hydrogen-bond acceptors (Lipinski definition) is 4. The first-order valence-corrected chi connectivity index (χ1v) is 8.78. The average molecular weight is 275 g/mol. The van der Waals surface area contributed by atoms with Gasteiger partial charge in [0.05, 0.1) is 0 Å². The van der Waals surface area contributed by atoms with Gasteiger partial charge in [0, 0.05) is 39.6 Å². The number of hydrogen-bond donors (Lipinski definition) is 0. The van der Waals surface area contributed by atoms with Crippen molar-refractivity contribution in [1.82, 2.24) is 0 Å². The lowest BCUT2D eigenvalue weighted by molar-refractivity contribution is 0.123. The Bertz CT molecular complexity index is 222. The second-order valence-corrected chi connectivity index (χ2v) is 7.39. The highest BCUT2D eigenvalue weighted by molar-refractivity contribution is 6.60. The van der Waals surface area contributed by atoms with Crippen LogP contribution in [0.15, 0.2) is 4.99 Å². The zero-order chi connectivity index (χ0) is 13.9. The summed E-state index contributed by atoms with van der Waals surface area (Å²) >= 11 is 0. The molecule has 0 saturated carbocycles. The predicted molar refractivity (Wildman–Crippen MR) is 78.3 cm³/mol. The highest BCUT2D eigenvalue weighted by Crippen LogP contribution is 2.15. The van der Waals surface area contributed by atoms with E-state index in [0.29, 0.717) is 0 Å². The van der Waals surface area contributed by atoms with Gasteiger partial charge in [-0.1, -0.05) is 20.3 Å². The lowest BCUT2D eigenvalue weighted by Crippen LogP contribution is -2.42. The maximum Gasteiger partial charge on any atom is 0.500 e. The van der Waals surface area contributed by atoms with Crippen LogP contribution < -0.4 is 0 Å². The van der Waals surface area contributed by atoms with E-state index in [1.54, 1.807) is 21.3 Å². The Hall–Kier alpha value is -0.233. The molecule has 0 spiro atoms. The highest BCUT2D eigenvalue weighted by Gasteiger charge is 2.36. The molecule has 0 N–H and O–H groups in total. The van der Waals surface area contributed by atoms with Crippen LogP contribution in [-0.4, -0.2) is 42.4 Å². The summed E-state index contributed by atoms with van der Waals surface area (Å²) in [5, 5.41) is 0. The molecule has 0 aliphatic rings. The van der Waals surface area contributed by atoms with Crippen LogP contribution in [0.2, 0.25) is 6.04 Å². The summed E-state index contributed by atoms with van der Waals surface area (Å²) < 4.78 is 16.1. The van der Waals surface area contributed by atoms with E-state index in [2.05, 4.69) is 18.8 Å². The molecule has 0 atom stereocenters. The smallest absolute Gasteiger partial charge is 0.377 e. The van der Waals surface area contributed by atoms with Crippen LogP contribution in [0.4, 0.5) is 0 Å². The van der Waals surface area contributed by atoms with Gasteiger partial charge in [0.25, 0.3) is 0 Å². The minimum absolute atomic E-state index is 0.824. The fraction of sp³-hybridized carbons (Fsp3) is 0.923. The summed E-state index contributed by atoms with van der Waals surface area (Å²) in [6, 6.07) is 0.824. The van der Waals surface area contributed by atoms with E-state index in [0.717, 1.165) is 31.9 Å². The maximum absolute atomic E-state index is 5.38. The number of nitrogens with zero attached hydrogens (tertiary/aromatic N) is 1. The molecule has 0 unspecified atom stereocenters. The Kier molecular flexibility index (Phi) is 10.5. The maximum atomic E-state index is 5.38. The van der Waals surface area contributed by atoms with E-state index in [1.807, 2.05) is 0 Å². The molecule has 5 heteroatoms. The first-order chi connectivity index (χ1) is 8.67. The lowest BCUT2D eigenvalue weighted by atomic mass is 10.1. The van der Waals surface area contributed by atoms with Crippen molar-refractivity contribution in [2.24, 2.45) is 4.99 Å². The van der Waals surface area contributed by atoms with Gasteiger partial charge in [-0.25, -0.2) is 0 Å². The molecule has 0 aliphatic carbocycles. The van der Waals surface area contributed by atoms with E-state index >= 15 is 0 Å². The van der Waals surface area contributed by atoms with Crippen molar-refractivity contribution in [2.75, 3.05) is 27.9 Å². The lowest BCUT2D eigenvalue weighted by Gasteiger charge is -2.23. The summed E-state index contributed by atoms with van der Waals surface area (Å²) in [5.74, 6) is 0. The van der Waals surface area contributed by atoms with Crippen LogP contribution in [0.25, 0.3) is 0 Å². The second kappa shape index (κ2) is 10.7. The Morgan fingerprint density at radius 2 is 1.61 bits per heavy atom. The molecule has 0 heterocycles. The van der Waals surface area contributed by atoms with Gasteiger partial charge in [-0.15, -0.1) is 0 Å². The van der Waals surface area contributed by atoms with Crippen LogP contribution >= 0.6 is 0 Å². The van der Waals surface area contributed by atoms with Crippen molar-refractivity contribution in [3.63, 3.8) is 0 Å². The monoisotopic (exact) mass is 275 g/mol. The molecule has 0 saturated heterocycles. The fourth-order valence-corrected chi connectivity index (χ4v) is 3.54. The number of aliphatic imine (C=N–C) groups is 1. The van der Waals surface area contributed by atoms with E-state index in [4.69, 9.17) is 13.3 Å². The average Bonchev–Trinajstić information content (AvgIpc) is 2.43. The summed E-state index contributed by atoms with van der Waals surface area (Å²) in [4.78, 5) is 4.66. The normalized spacial score (nSPS) is 13.1. The molecule has 0 fully saturated rings. The fourth-order valence-electron chi connectivity index (χ4n) is 1.84. The Morgan fingerprint density at radius 3 is 2.06 bits per heavy atom. The minimum atomic E-state index is -2.39. The van der Waals surface area contributed by atoms with Gasteiger partial charge in [0.1, 0.15) is 0 Å². The van der Waals surface area contributed by atoms with E-state index in [9.17, 15) is 0 Å². The Balaban J connectivity index is 4.04. The third-order valence-corrected chi connectivity index (χ3v) is 5.97. The third kappa shape index (κ3) is 6.63. The molecule has 0 amide bonds. The molecule has 0 aromatic carbocycles. The second-order valence-electron chi connectivity index (χ2n) is 4.30. The molecule has 4 nitrogen and oxygen atoms in total. The van der Waals surface area contributed by atoms with Gasteiger partial charge in [-0.3, -0.25) is 4.99 Å². The van der Waals surface area contributed by atoms with Crippen LogP contribution in [0.1, 0.15) is 46.0 Å². The summed E-state index contributed by atoms with van der Waals surface area (Å²) in [5.41, 5.74) is 1.33. The van der Waals surface area contributed by atoms with E-state index in [1.165, 1.54) is 18.6 Å². The van der Waals surface area contributed by atoms with Gasteiger partial charge < -0.3 is 13.3 Å². The van der Waals surface area contributed by atoms with Crippen LogP contribution in [-0.2, 0) is 13.3 Å². The van der Waals surface area contributed by atoms with Crippen molar-refractivity contribution in [1.29, 1.82) is 0 Å². The van der Waals surface area contributed by atoms with Crippen molar-refractivity contribution in [2.45, 2.75) is 52.0 Å². The van der Waals surface area contributed by atoms with Gasteiger partial charge in [0.15, 0.2) is 0 Å². The topological polar surface area (TPSA) is 40.0 Å². The predicted octanol–water partition coefficient (Wildman–Crippen LogP) is 3.30. The van der Waals surface area contributed by atoms with Crippen LogP contribution in [0.5, 0.6) is 0 Å². The quantitative estimate of drug-likeness (QED) is 0.330. The van der Waals surface area contributed by atoms with Crippen molar-refractivity contribution in [3.05, 3.63) is 0 Å². The molecule has 0 aromatic rings. The van der Waals surface area contributed by atoms with Crippen molar-refractivity contribution in [3.8, 4) is 0 Å². The van der Waals surface area contributed by atoms with Gasteiger partial charge in [-0.2, -0.15) is 0 Å². The standard InChI is InChI=1S/C13H29NO3Si/c1-6-8-10-13(7-2)14-11-9-12-18(15-3,16-4)17-5/h6-12H2,1-5H3. The zero-order valence-electron chi connectivity index (χ0n) is 12.6. The first-order valence-electron chi connectivity index (χ1n) is 6.85. The van der Waals surface area contributed by atoms with Crippen LogP contribution in [0, 0.1) is 0 Å². The molecule has 0 rings (SSSR count). The molecular weight excluding hydrogens is 246 g/mol. The first kappa shape index (κ1) is 17.8. The Morgan fingerprint density at radius 1 is 1.00 bits per heavy atom. The van der Waals surface area contributed by atoms with E-state index < -0.39 is 8.80 Å². The molecule has 108 valence electrons. The third-order valence-electron chi connectivity index (χ3n) is 3.14. The zero-order valence-corrected chi connectivity index (χ0v) is 13.6. The summed E-state index contributed by atoms with van der Waals surface area (Å²) in [6.45, 7) is 5.23. The largest absolute Gasteiger partial charge is 0.500 e. The Labute approximate surface area is 113 Å². The SMILES string of the molecule is CCCCC(CC)=NCCC[Si](OC)(OC)OC. The molecular formula is C13H29NO3Si. The molecule has 0 aromatic heterocycles. The van der Waals surface area contributed by atoms with E-state index in [-0.39, 0.29) is 0 Å². The number of rotatable bonds is 11. The van der Waals surface area contributed by atoms with Crippen molar-refractivity contribution < 1.29 is 13.3 Å². The minimum Gasteiger partial charge on any atom is -0.377 e. The van der Waals surface area contributed by atoms with Gasteiger partial charge in [0.2, 0.25) is 0 Å². The van der Waals surface area contributed by atoms with Gasteiger partial charge >= 0.3 is 8.80 Å².